The number of carbonyl (C=O) groups excluding carboxylic acids is 1. The number of rotatable bonds is 7. The molecule has 0 atom stereocenters. The summed E-state index contributed by atoms with van der Waals surface area (Å²) in [6.07, 6.45) is 0. The highest BCUT2D eigenvalue weighted by Crippen LogP contribution is 2.25. The van der Waals surface area contributed by atoms with Gasteiger partial charge in [-0.1, -0.05) is 41.1 Å². The van der Waals surface area contributed by atoms with Crippen LogP contribution in [0.25, 0.3) is 11.4 Å². The fraction of sp³-hybridized carbons (Fsp3) is 0.250. The van der Waals surface area contributed by atoms with E-state index >= 15 is 0 Å². The summed E-state index contributed by atoms with van der Waals surface area (Å²) in [6.45, 7) is 3.99. The highest BCUT2D eigenvalue weighted by atomic mass is 32.2. The fourth-order valence-corrected chi connectivity index (χ4v) is 3.12. The van der Waals surface area contributed by atoms with Crippen LogP contribution in [0.3, 0.4) is 0 Å². The predicted octanol–water partition coefficient (Wildman–Crippen LogP) is 4.23. The zero-order valence-electron chi connectivity index (χ0n) is 15.5. The van der Waals surface area contributed by atoms with E-state index in [1.54, 1.807) is 7.11 Å². The maximum absolute atomic E-state index is 12.2. The molecule has 1 N–H and O–H groups in total. The van der Waals surface area contributed by atoms with Crippen LogP contribution < -0.4 is 10.1 Å². The lowest BCUT2D eigenvalue weighted by Crippen LogP contribution is -2.15. The Morgan fingerprint density at radius 2 is 1.89 bits per heavy atom. The summed E-state index contributed by atoms with van der Waals surface area (Å²) < 4.78 is 10.5. The monoisotopic (exact) mass is 383 g/mol. The molecular weight excluding hydrogens is 362 g/mol. The highest BCUT2D eigenvalue weighted by Gasteiger charge is 2.11. The summed E-state index contributed by atoms with van der Waals surface area (Å²) in [5, 5.41) is 6.87. The molecule has 0 unspecified atom stereocenters. The molecule has 140 valence electrons. The van der Waals surface area contributed by atoms with E-state index in [9.17, 15) is 4.79 Å². The van der Waals surface area contributed by atoms with Crippen molar-refractivity contribution in [3.05, 3.63) is 59.5 Å². The van der Waals surface area contributed by atoms with Gasteiger partial charge in [-0.05, 0) is 31.5 Å². The Hall–Kier alpha value is -2.80. The molecule has 0 aliphatic heterocycles. The predicted molar refractivity (Wildman–Crippen MR) is 107 cm³/mol. The van der Waals surface area contributed by atoms with Gasteiger partial charge in [0.2, 0.25) is 17.6 Å². The number of benzene rings is 2. The van der Waals surface area contributed by atoms with Crippen molar-refractivity contribution in [3.63, 3.8) is 0 Å². The highest BCUT2D eigenvalue weighted by molar-refractivity contribution is 7.99. The van der Waals surface area contributed by atoms with Crippen molar-refractivity contribution in [2.24, 2.45) is 0 Å². The van der Waals surface area contributed by atoms with Crippen molar-refractivity contribution in [1.29, 1.82) is 0 Å². The van der Waals surface area contributed by atoms with E-state index in [1.165, 1.54) is 17.3 Å². The molecule has 0 aliphatic rings. The van der Waals surface area contributed by atoms with Crippen LogP contribution in [0.5, 0.6) is 5.75 Å². The maximum Gasteiger partial charge on any atom is 0.236 e. The molecule has 0 radical (unpaired) electrons. The summed E-state index contributed by atoms with van der Waals surface area (Å²) in [5.74, 6) is 2.33. The molecular formula is C20H21N3O3S. The lowest BCUT2D eigenvalue weighted by molar-refractivity contribution is -0.113. The van der Waals surface area contributed by atoms with Gasteiger partial charge in [0.1, 0.15) is 5.75 Å². The topological polar surface area (TPSA) is 77.2 Å². The molecule has 0 saturated carbocycles. The normalized spacial score (nSPS) is 10.6. The number of thioether (sulfide) groups is 1. The first-order valence-electron chi connectivity index (χ1n) is 8.47. The number of anilines is 1. The van der Waals surface area contributed by atoms with Gasteiger partial charge >= 0.3 is 0 Å². The van der Waals surface area contributed by atoms with Gasteiger partial charge in [0.15, 0.2) is 0 Å². The second-order valence-corrected chi connectivity index (χ2v) is 7.11. The van der Waals surface area contributed by atoms with E-state index in [2.05, 4.69) is 15.5 Å². The number of hydrogen-bond acceptors (Lipinski definition) is 6. The molecule has 0 saturated heterocycles. The number of aryl methyl sites for hydroxylation is 2. The van der Waals surface area contributed by atoms with Gasteiger partial charge < -0.3 is 14.6 Å². The molecule has 27 heavy (non-hydrogen) atoms. The maximum atomic E-state index is 12.2. The van der Waals surface area contributed by atoms with Crippen molar-refractivity contribution in [1.82, 2.24) is 10.1 Å². The minimum atomic E-state index is -0.109. The van der Waals surface area contributed by atoms with Gasteiger partial charge in [-0.15, -0.1) is 11.8 Å². The third-order valence-electron chi connectivity index (χ3n) is 3.87. The minimum absolute atomic E-state index is 0.109. The Morgan fingerprint density at radius 1 is 1.15 bits per heavy atom. The number of nitrogens with one attached hydrogen (secondary N) is 1. The Kier molecular flexibility index (Phi) is 6.13. The summed E-state index contributed by atoms with van der Waals surface area (Å²) in [4.78, 5) is 16.6. The molecule has 1 aromatic heterocycles. The molecule has 3 aromatic rings. The van der Waals surface area contributed by atoms with Crippen LogP contribution in [0.1, 0.15) is 17.0 Å². The third-order valence-corrected chi connectivity index (χ3v) is 4.78. The lowest BCUT2D eigenvalue weighted by Gasteiger charge is -2.10. The smallest absolute Gasteiger partial charge is 0.236 e. The Morgan fingerprint density at radius 3 is 2.63 bits per heavy atom. The van der Waals surface area contributed by atoms with Gasteiger partial charge in [0.25, 0.3) is 0 Å². The van der Waals surface area contributed by atoms with E-state index in [1.807, 2.05) is 56.3 Å². The average molecular weight is 383 g/mol. The molecule has 0 bridgehead atoms. The standard InChI is InChI=1S/C20H21N3O3S/c1-13-4-7-15(8-5-13)20-22-19(26-23-20)12-27-11-18(24)21-16-10-14(2)6-9-17(16)25-3/h4-10H,11-12H2,1-3H3,(H,21,24). The zero-order chi connectivity index (χ0) is 19.2. The summed E-state index contributed by atoms with van der Waals surface area (Å²) in [7, 11) is 1.58. The molecule has 3 rings (SSSR count). The fourth-order valence-electron chi connectivity index (χ4n) is 2.47. The Bertz CT molecular complexity index is 922. The molecule has 6 nitrogen and oxygen atoms in total. The van der Waals surface area contributed by atoms with Gasteiger partial charge in [0, 0.05) is 5.56 Å². The van der Waals surface area contributed by atoms with Gasteiger partial charge in [0.05, 0.1) is 24.3 Å². The van der Waals surface area contributed by atoms with Crippen LogP contribution in [0.4, 0.5) is 5.69 Å². The first kappa shape index (κ1) is 19.0. The number of ether oxygens (including phenoxy) is 1. The number of amides is 1. The second-order valence-electron chi connectivity index (χ2n) is 6.12. The molecule has 1 amide bonds. The minimum Gasteiger partial charge on any atom is -0.495 e. The van der Waals surface area contributed by atoms with Crippen LogP contribution in [-0.4, -0.2) is 28.9 Å². The molecule has 0 spiro atoms. The van der Waals surface area contributed by atoms with Gasteiger partial charge in [-0.25, -0.2) is 0 Å². The number of nitrogens with zero attached hydrogens (tertiary/aromatic N) is 2. The van der Waals surface area contributed by atoms with E-state index in [0.717, 1.165) is 11.1 Å². The average Bonchev–Trinajstić information content (AvgIpc) is 3.11. The summed E-state index contributed by atoms with van der Waals surface area (Å²) in [5.41, 5.74) is 3.80. The quantitative estimate of drug-likeness (QED) is 0.658. The zero-order valence-corrected chi connectivity index (χ0v) is 16.3. The number of carbonyl (C=O) groups is 1. The van der Waals surface area contributed by atoms with Gasteiger partial charge in [-0.2, -0.15) is 4.98 Å². The third kappa shape index (κ3) is 5.10. The van der Waals surface area contributed by atoms with E-state index < -0.39 is 0 Å². The molecule has 2 aromatic carbocycles. The van der Waals surface area contributed by atoms with Crippen molar-refractivity contribution >= 4 is 23.4 Å². The van der Waals surface area contributed by atoms with Crippen LogP contribution in [0.2, 0.25) is 0 Å². The van der Waals surface area contributed by atoms with Crippen LogP contribution in [0.15, 0.2) is 47.0 Å². The van der Waals surface area contributed by atoms with E-state index in [4.69, 9.17) is 9.26 Å². The molecule has 0 aliphatic carbocycles. The lowest BCUT2D eigenvalue weighted by atomic mass is 10.1. The van der Waals surface area contributed by atoms with Crippen LogP contribution in [-0.2, 0) is 10.5 Å². The summed E-state index contributed by atoms with van der Waals surface area (Å²) >= 11 is 1.41. The number of aromatic nitrogens is 2. The van der Waals surface area contributed by atoms with Crippen LogP contribution in [0, 0.1) is 13.8 Å². The van der Waals surface area contributed by atoms with E-state index in [0.29, 0.717) is 28.9 Å². The van der Waals surface area contributed by atoms with Crippen molar-refractivity contribution in [2.45, 2.75) is 19.6 Å². The van der Waals surface area contributed by atoms with Crippen molar-refractivity contribution in [2.75, 3.05) is 18.2 Å². The first-order valence-corrected chi connectivity index (χ1v) is 9.62. The van der Waals surface area contributed by atoms with Crippen LogP contribution >= 0.6 is 11.8 Å². The van der Waals surface area contributed by atoms with E-state index in [-0.39, 0.29) is 11.7 Å². The summed E-state index contributed by atoms with van der Waals surface area (Å²) in [6, 6.07) is 13.6. The Balaban J connectivity index is 1.52. The first-order chi connectivity index (χ1) is 13.0. The molecule has 7 heteroatoms. The molecule has 1 heterocycles. The second kappa shape index (κ2) is 8.73. The van der Waals surface area contributed by atoms with Gasteiger partial charge in [-0.3, -0.25) is 4.79 Å². The SMILES string of the molecule is COc1ccc(C)cc1NC(=O)CSCc1nc(-c2ccc(C)cc2)no1. The number of hydrogen-bond donors (Lipinski definition) is 1. The number of methoxy groups -OCH3 is 1. The van der Waals surface area contributed by atoms with Crippen molar-refractivity contribution in [3.8, 4) is 17.1 Å². The van der Waals surface area contributed by atoms with Crippen molar-refractivity contribution < 1.29 is 14.1 Å². The molecule has 0 fully saturated rings. The largest absolute Gasteiger partial charge is 0.495 e. The Labute approximate surface area is 162 Å².